The number of hydrogen-bond donors (Lipinski definition) is 5. The lowest BCUT2D eigenvalue weighted by atomic mass is 9.44. The highest BCUT2D eigenvalue weighted by Crippen LogP contribution is 2.67. The van der Waals surface area contributed by atoms with Gasteiger partial charge < -0.3 is 34.6 Å². The number of halogens is 1. The third-order valence-electron chi connectivity index (χ3n) is 29.4. The van der Waals surface area contributed by atoms with Crippen molar-refractivity contribution in [2.24, 2.45) is 123 Å². The molecule has 14 rings (SSSR count). The van der Waals surface area contributed by atoms with E-state index in [0.29, 0.717) is 83.2 Å². The van der Waals surface area contributed by atoms with Crippen molar-refractivity contribution in [2.75, 3.05) is 53.6 Å². The van der Waals surface area contributed by atoms with E-state index < -0.39 is 16.8 Å². The van der Waals surface area contributed by atoms with Gasteiger partial charge in [0.15, 0.2) is 5.78 Å². The Hall–Kier alpha value is -3.39. The molecule has 0 radical (unpaired) electrons. The molecule has 16 nitrogen and oxygen atoms in total. The molecule has 12 aliphatic rings. The number of ketones is 3. The van der Waals surface area contributed by atoms with Crippen LogP contribution in [0.5, 0.6) is 0 Å². The number of fused-ring (bicyclic) bond motifs is 15. The second-order valence-electron chi connectivity index (χ2n) is 33.9. The Bertz CT molecular complexity index is 2950. The summed E-state index contributed by atoms with van der Waals surface area (Å²) in [5, 5.41) is 67.7. The van der Waals surface area contributed by atoms with Gasteiger partial charge in [0.25, 0.3) is 0 Å². The number of aromatic amines is 1. The number of hydrogen-bond acceptors (Lipinski definition) is 14. The zero-order valence-electron chi connectivity index (χ0n) is 59.3. The van der Waals surface area contributed by atoms with Crippen LogP contribution >= 0.6 is 15.9 Å². The van der Waals surface area contributed by atoms with Crippen LogP contribution in [0.25, 0.3) is 0 Å². The summed E-state index contributed by atoms with van der Waals surface area (Å²) in [7, 11) is 6.10. The standard InChI is InChI=1S/C27H39N3O3.C23H37BrO3.C23H38O3.C4H3N3.CH4O/c1-26-10-8-21-20-9-11-27(32,17-33-2)12-19(20)6-7-22(21)23(26)4-3-5-24(26)25(31)16-30-15-18(13-28)14-29-30;1-22-10-8-17-16-9-11-23(26,14-27-2)12-15(16)6-7-18(17)19(22)4-3-5-20(22)21(25)13-24;1-15(24)20-5-4-6-21-19-8-7-16-13-23(25,14-26-3)12-10-17(16)18(19)9-11-22(20,21)2;5-1-4-2-6-7-3-4;1-2/h14-15,19-24,32H,3-12,16-17H2,1-2H3;15-20,26H,3-14H2,1-2H3;16-21,25H,4-14H2,1-3H3;2-3H,(H,6,7);2H,1H3/t19-,20+,21-,22-,23+,24-,26+,27-;15-,16+,17-,18-,19+,20-,22+,23-;16-,17+,18-,19-,20-,21+,22-,23-;;/m111../s1. The minimum atomic E-state index is -0.633. The van der Waals surface area contributed by atoms with Crippen LogP contribution in [0, 0.1) is 145 Å². The average Bonchev–Trinajstić information content (AvgIpc) is 0.980. The quantitative estimate of drug-likeness (QED) is 0.124. The number of aliphatic hydroxyl groups excluding tert-OH is 1. The fourth-order valence-electron chi connectivity index (χ4n) is 25.6. The summed E-state index contributed by atoms with van der Waals surface area (Å²) in [6.07, 6.45) is 41.0. The van der Waals surface area contributed by atoms with Crippen molar-refractivity contribution in [1.29, 1.82) is 10.5 Å². The van der Waals surface area contributed by atoms with E-state index in [1.807, 2.05) is 13.0 Å². The summed E-state index contributed by atoms with van der Waals surface area (Å²) < 4.78 is 17.6. The molecule has 530 valence electrons. The third kappa shape index (κ3) is 15.4. The van der Waals surface area contributed by atoms with E-state index in [-0.39, 0.29) is 34.6 Å². The fraction of sp³-hybridized carbons (Fsp3) is 0.859. The predicted octanol–water partition coefficient (Wildman–Crippen LogP) is 13.8. The molecule has 0 aromatic carbocycles. The number of rotatable bonds is 12. The zero-order chi connectivity index (χ0) is 68.1. The number of carbonyl (C=O) groups excluding carboxylic acids is 3. The van der Waals surface area contributed by atoms with Crippen molar-refractivity contribution in [1.82, 2.24) is 20.0 Å². The second kappa shape index (κ2) is 31.7. The zero-order valence-corrected chi connectivity index (χ0v) is 60.9. The number of Topliss-reactive ketones (excluding diaryl/α,β-unsaturated/α-hetero) is 3. The van der Waals surface area contributed by atoms with Gasteiger partial charge in [-0.3, -0.25) is 24.2 Å². The molecule has 24 atom stereocenters. The van der Waals surface area contributed by atoms with Crippen LogP contribution in [-0.2, 0) is 35.1 Å². The summed E-state index contributed by atoms with van der Waals surface area (Å²) in [5.74, 6) is 13.1. The van der Waals surface area contributed by atoms with Crippen LogP contribution in [0.3, 0.4) is 0 Å². The second-order valence-corrected chi connectivity index (χ2v) is 34.5. The minimum Gasteiger partial charge on any atom is -0.400 e. The largest absolute Gasteiger partial charge is 0.400 e. The number of aliphatic hydroxyl groups is 4. The van der Waals surface area contributed by atoms with Crippen molar-refractivity contribution in [3.8, 4) is 12.1 Å². The molecule has 0 bridgehead atoms. The summed E-state index contributed by atoms with van der Waals surface area (Å²) in [5.41, 5.74) is -0.170. The first-order chi connectivity index (χ1) is 45.6. The van der Waals surface area contributed by atoms with E-state index in [9.17, 15) is 29.7 Å². The molecule has 95 heavy (non-hydrogen) atoms. The van der Waals surface area contributed by atoms with Crippen LogP contribution in [0.15, 0.2) is 24.8 Å². The normalized spacial score (nSPS) is 43.5. The summed E-state index contributed by atoms with van der Waals surface area (Å²) >= 11 is 3.45. The van der Waals surface area contributed by atoms with E-state index in [1.54, 1.807) is 44.6 Å². The first-order valence-electron chi connectivity index (χ1n) is 37.6. The van der Waals surface area contributed by atoms with Crippen LogP contribution in [0.4, 0.5) is 0 Å². The fourth-order valence-corrected chi connectivity index (χ4v) is 26.0. The first-order valence-corrected chi connectivity index (χ1v) is 38.7. The summed E-state index contributed by atoms with van der Waals surface area (Å²) in [6.45, 7) is 10.9. The number of H-pyrrole nitrogens is 1. The van der Waals surface area contributed by atoms with Crippen molar-refractivity contribution in [3.63, 3.8) is 0 Å². The van der Waals surface area contributed by atoms with E-state index in [1.165, 1.54) is 122 Å². The van der Waals surface area contributed by atoms with Crippen LogP contribution < -0.4 is 0 Å². The number of methoxy groups -OCH3 is 3. The molecule has 2 aromatic heterocycles. The number of ether oxygens (including phenoxy) is 3. The maximum Gasteiger partial charge on any atom is 0.157 e. The first kappa shape index (κ1) is 74.3. The van der Waals surface area contributed by atoms with Gasteiger partial charge in [0.05, 0.1) is 72.0 Å². The van der Waals surface area contributed by atoms with Gasteiger partial charge in [-0.05, 0) is 285 Å². The molecule has 5 N–H and O–H groups in total. The topological polar surface area (TPSA) is 254 Å². The van der Waals surface area contributed by atoms with Crippen molar-refractivity contribution in [2.45, 2.75) is 244 Å². The average molecular weight is 1380 g/mol. The van der Waals surface area contributed by atoms with Crippen LogP contribution in [0.2, 0.25) is 0 Å². The van der Waals surface area contributed by atoms with E-state index >= 15 is 0 Å². The maximum absolute atomic E-state index is 13.5. The summed E-state index contributed by atoms with van der Waals surface area (Å²) in [6, 6.07) is 4.01. The molecule has 0 aliphatic heterocycles. The molecule has 0 amide bonds. The number of alkyl halides is 1. The molecule has 0 saturated heterocycles. The van der Waals surface area contributed by atoms with Crippen molar-refractivity contribution >= 4 is 33.3 Å². The molecule has 17 heteroatoms. The van der Waals surface area contributed by atoms with Crippen molar-refractivity contribution < 1.29 is 49.0 Å². The lowest BCUT2D eigenvalue weighted by Crippen LogP contribution is -2.55. The molecule has 12 aliphatic carbocycles. The molecule has 2 aromatic rings. The molecule has 12 saturated carbocycles. The van der Waals surface area contributed by atoms with Gasteiger partial charge >= 0.3 is 0 Å². The lowest BCUT2D eigenvalue weighted by Gasteiger charge is -2.60. The number of carbonyl (C=O) groups is 3. The Kier molecular flexibility index (Phi) is 24.8. The third-order valence-corrected chi connectivity index (χ3v) is 29.9. The monoisotopic (exact) mass is 1380 g/mol. The minimum absolute atomic E-state index is 0.0833. The van der Waals surface area contributed by atoms with Gasteiger partial charge in [-0.1, -0.05) is 56.0 Å². The summed E-state index contributed by atoms with van der Waals surface area (Å²) in [4.78, 5) is 38.5. The molecular weight excluding hydrogens is 1260 g/mol. The van der Waals surface area contributed by atoms with E-state index in [0.717, 1.165) is 149 Å². The highest BCUT2D eigenvalue weighted by molar-refractivity contribution is 9.09. The number of nitrogens with one attached hydrogen (secondary N) is 1. The SMILES string of the molecule is CO.COC[C@@]1(O)CC[C@H]2[C@H](CC[C@@H]3[C@@H]2CC[C@]2(C)[C@@H](C(=O)CBr)CCC[C@@H]32)C1.COC[C@@]1(O)CC[C@H]2[C@H](CC[C@@H]3[C@@H]2CC[C@]2(C)[C@@H](C(=O)Cn4cc(C#N)cn4)CCC[C@@H]32)C1.COC[C@@]1(O)CC[C@H]2[C@H](CC[C@@H]3[C@@H]2CC[C@]2(C)[C@@H](C(C)=O)CCC[C@@H]32)C1.N#Cc1cn[nH]c1. The van der Waals surface area contributed by atoms with Crippen LogP contribution in [-0.4, -0.2) is 128 Å². The Balaban J connectivity index is 0.000000146. The highest BCUT2D eigenvalue weighted by atomic mass is 79.9. The van der Waals surface area contributed by atoms with Gasteiger partial charge in [-0.25, -0.2) is 0 Å². The molecule has 0 unspecified atom stereocenters. The van der Waals surface area contributed by atoms with Crippen LogP contribution in [0.1, 0.15) is 231 Å². The Morgan fingerprint density at radius 1 is 0.526 bits per heavy atom. The predicted molar refractivity (Wildman–Crippen MR) is 369 cm³/mol. The Morgan fingerprint density at radius 2 is 0.905 bits per heavy atom. The maximum atomic E-state index is 13.5. The molecule has 0 spiro atoms. The van der Waals surface area contributed by atoms with E-state index in [2.05, 4.69) is 58.1 Å². The van der Waals surface area contributed by atoms with Gasteiger partial charge in [0, 0.05) is 58.6 Å². The Labute approximate surface area is 577 Å². The van der Waals surface area contributed by atoms with Gasteiger partial charge in [0.1, 0.15) is 23.7 Å². The highest BCUT2D eigenvalue weighted by Gasteiger charge is 2.61. The van der Waals surface area contributed by atoms with Gasteiger partial charge in [-0.2, -0.15) is 20.7 Å². The molecule has 2 heterocycles. The van der Waals surface area contributed by atoms with Gasteiger partial charge in [0.2, 0.25) is 0 Å². The Morgan fingerprint density at radius 3 is 1.24 bits per heavy atom. The molecule has 12 fully saturated rings. The van der Waals surface area contributed by atoms with Gasteiger partial charge in [-0.15, -0.1) is 0 Å². The van der Waals surface area contributed by atoms with E-state index in [4.69, 9.17) is 29.8 Å². The van der Waals surface area contributed by atoms with Crippen molar-refractivity contribution in [3.05, 3.63) is 35.9 Å². The smallest absolute Gasteiger partial charge is 0.157 e. The number of nitriles is 2. The number of aromatic nitrogens is 4. The lowest BCUT2D eigenvalue weighted by molar-refractivity contribution is -0.153. The number of nitrogens with zero attached hydrogens (tertiary/aromatic N) is 5. The molecular formula is C78H121BrN6O10.